The summed E-state index contributed by atoms with van der Waals surface area (Å²) in [7, 11) is 3.34. The number of hydrogen-bond donors (Lipinski definition) is 0. The Bertz CT molecular complexity index is 1100. The van der Waals surface area contributed by atoms with E-state index in [9.17, 15) is 0 Å². The SMILES string of the molecule is COc1ccc(C2=NN3[C@H](C2)c2cc(OC)ccc2O[C@@H]3c2ccc(Cl)cc2)cc1. The van der Waals surface area contributed by atoms with Crippen LogP contribution >= 0.6 is 11.6 Å². The lowest BCUT2D eigenvalue weighted by Gasteiger charge is -2.38. The van der Waals surface area contributed by atoms with Crippen LogP contribution in [-0.2, 0) is 0 Å². The van der Waals surface area contributed by atoms with Crippen molar-refractivity contribution in [3.63, 3.8) is 0 Å². The van der Waals surface area contributed by atoms with Gasteiger partial charge in [-0.3, -0.25) is 0 Å². The molecular weight excluding hydrogens is 400 g/mol. The van der Waals surface area contributed by atoms with Gasteiger partial charge in [0.15, 0.2) is 0 Å². The van der Waals surface area contributed by atoms with Crippen LogP contribution in [0.15, 0.2) is 71.8 Å². The maximum atomic E-state index is 6.39. The number of rotatable bonds is 4. The Morgan fingerprint density at radius 1 is 0.933 bits per heavy atom. The minimum Gasteiger partial charge on any atom is -0.497 e. The van der Waals surface area contributed by atoms with Gasteiger partial charge in [-0.15, -0.1) is 0 Å². The zero-order valence-corrected chi connectivity index (χ0v) is 17.5. The van der Waals surface area contributed by atoms with E-state index in [0.29, 0.717) is 5.02 Å². The molecule has 2 aliphatic rings. The molecule has 2 atom stereocenters. The number of halogens is 1. The van der Waals surface area contributed by atoms with Crippen molar-refractivity contribution in [2.45, 2.75) is 18.7 Å². The number of benzene rings is 3. The molecule has 0 aromatic heterocycles. The lowest BCUT2D eigenvalue weighted by atomic mass is 9.95. The molecule has 0 spiro atoms. The molecule has 0 aliphatic carbocycles. The Balaban J connectivity index is 1.57. The number of hydrogen-bond acceptors (Lipinski definition) is 5. The summed E-state index contributed by atoms with van der Waals surface area (Å²) in [5.41, 5.74) is 4.17. The highest BCUT2D eigenvalue weighted by Gasteiger charge is 2.41. The fourth-order valence-electron chi connectivity index (χ4n) is 4.00. The predicted octanol–water partition coefficient (Wildman–Crippen LogP) is 5.60. The number of ether oxygens (including phenoxy) is 3. The predicted molar refractivity (Wildman–Crippen MR) is 117 cm³/mol. The van der Waals surface area contributed by atoms with E-state index < -0.39 is 0 Å². The first-order valence-electron chi connectivity index (χ1n) is 9.76. The summed E-state index contributed by atoms with van der Waals surface area (Å²) in [5, 5.41) is 7.72. The molecule has 5 rings (SSSR count). The fourth-order valence-corrected chi connectivity index (χ4v) is 4.12. The van der Waals surface area contributed by atoms with Crippen LogP contribution in [0, 0.1) is 0 Å². The minimum absolute atomic E-state index is 0.0571. The summed E-state index contributed by atoms with van der Waals surface area (Å²) in [6, 6.07) is 21.7. The van der Waals surface area contributed by atoms with Crippen molar-refractivity contribution in [1.82, 2.24) is 5.01 Å². The first-order valence-corrected chi connectivity index (χ1v) is 10.1. The maximum Gasteiger partial charge on any atom is 0.213 e. The number of fused-ring (bicyclic) bond motifs is 3. The van der Waals surface area contributed by atoms with E-state index in [-0.39, 0.29) is 12.3 Å². The van der Waals surface area contributed by atoms with Gasteiger partial charge in [0.1, 0.15) is 17.2 Å². The van der Waals surface area contributed by atoms with Crippen LogP contribution in [-0.4, -0.2) is 24.9 Å². The molecule has 0 amide bonds. The van der Waals surface area contributed by atoms with Gasteiger partial charge in [-0.25, -0.2) is 5.01 Å². The monoisotopic (exact) mass is 420 g/mol. The normalized spacial score (nSPS) is 19.4. The lowest BCUT2D eigenvalue weighted by molar-refractivity contribution is -0.0191. The van der Waals surface area contributed by atoms with Crippen molar-refractivity contribution in [2.24, 2.45) is 5.10 Å². The van der Waals surface area contributed by atoms with Crippen molar-refractivity contribution in [3.05, 3.63) is 88.4 Å². The molecule has 0 unspecified atom stereocenters. The molecule has 30 heavy (non-hydrogen) atoms. The first kappa shape index (κ1) is 18.8. The average Bonchev–Trinajstić information content (AvgIpc) is 3.24. The minimum atomic E-state index is -0.330. The molecule has 3 aromatic carbocycles. The smallest absolute Gasteiger partial charge is 0.213 e. The van der Waals surface area contributed by atoms with Gasteiger partial charge in [-0.2, -0.15) is 5.10 Å². The zero-order chi connectivity index (χ0) is 20.7. The summed E-state index contributed by atoms with van der Waals surface area (Å²) >= 11 is 6.10. The molecule has 152 valence electrons. The summed E-state index contributed by atoms with van der Waals surface area (Å²) < 4.78 is 17.1. The summed E-state index contributed by atoms with van der Waals surface area (Å²) in [4.78, 5) is 0. The van der Waals surface area contributed by atoms with Crippen molar-refractivity contribution in [3.8, 4) is 17.2 Å². The highest BCUT2D eigenvalue weighted by molar-refractivity contribution is 6.30. The number of nitrogens with zero attached hydrogens (tertiary/aromatic N) is 2. The maximum absolute atomic E-state index is 6.39. The van der Waals surface area contributed by atoms with Gasteiger partial charge >= 0.3 is 0 Å². The van der Waals surface area contributed by atoms with E-state index in [2.05, 4.69) is 0 Å². The standard InChI is InChI=1S/C24H21ClN2O3/c1-28-18-9-5-15(6-10-18)21-14-22-20-13-19(29-2)11-12-23(20)30-24(27(22)26-21)16-3-7-17(25)8-4-16/h3-13,22,24H,14H2,1-2H3/t22-,24-/m1/s1. The Morgan fingerprint density at radius 2 is 1.63 bits per heavy atom. The van der Waals surface area contributed by atoms with E-state index >= 15 is 0 Å². The molecule has 0 saturated heterocycles. The van der Waals surface area contributed by atoms with Crippen LogP contribution in [0.2, 0.25) is 5.02 Å². The topological polar surface area (TPSA) is 43.3 Å². The lowest BCUT2D eigenvalue weighted by Crippen LogP contribution is -2.33. The number of methoxy groups -OCH3 is 2. The molecule has 2 aliphatic heterocycles. The zero-order valence-electron chi connectivity index (χ0n) is 16.7. The third-order valence-corrected chi connectivity index (χ3v) is 5.83. The van der Waals surface area contributed by atoms with Crippen LogP contribution in [0.4, 0.5) is 0 Å². The first-order chi connectivity index (χ1) is 14.7. The van der Waals surface area contributed by atoms with E-state index in [4.69, 9.17) is 30.9 Å². The van der Waals surface area contributed by atoms with Crippen molar-refractivity contribution in [2.75, 3.05) is 14.2 Å². The van der Waals surface area contributed by atoms with Crippen molar-refractivity contribution in [1.29, 1.82) is 0 Å². The quantitative estimate of drug-likeness (QED) is 0.551. The van der Waals surface area contributed by atoms with Gasteiger partial charge < -0.3 is 14.2 Å². The Morgan fingerprint density at radius 3 is 2.33 bits per heavy atom. The molecule has 3 aromatic rings. The number of hydrazone groups is 1. The Labute approximate surface area is 180 Å². The van der Waals surface area contributed by atoms with E-state index in [1.165, 1.54) is 0 Å². The van der Waals surface area contributed by atoms with Crippen LogP contribution in [0.25, 0.3) is 0 Å². The molecule has 0 radical (unpaired) electrons. The van der Waals surface area contributed by atoms with E-state index in [1.807, 2.05) is 71.7 Å². The van der Waals surface area contributed by atoms with E-state index in [0.717, 1.165) is 46.1 Å². The van der Waals surface area contributed by atoms with Crippen LogP contribution in [0.1, 0.15) is 35.4 Å². The van der Waals surface area contributed by atoms with Crippen molar-refractivity contribution >= 4 is 17.3 Å². The Kier molecular flexibility index (Phi) is 4.75. The van der Waals surface area contributed by atoms with Gasteiger partial charge in [-0.1, -0.05) is 23.7 Å². The largest absolute Gasteiger partial charge is 0.497 e. The van der Waals surface area contributed by atoms with Crippen LogP contribution in [0.5, 0.6) is 17.2 Å². The molecular formula is C24H21ClN2O3. The second kappa shape index (κ2) is 7.58. The van der Waals surface area contributed by atoms with Gasteiger partial charge in [0, 0.05) is 22.6 Å². The summed E-state index contributed by atoms with van der Waals surface area (Å²) in [5.74, 6) is 2.48. The highest BCUT2D eigenvalue weighted by Crippen LogP contribution is 2.48. The van der Waals surface area contributed by atoms with E-state index in [1.54, 1.807) is 14.2 Å². The fraction of sp³-hybridized carbons (Fsp3) is 0.208. The molecule has 6 heteroatoms. The van der Waals surface area contributed by atoms with Gasteiger partial charge in [-0.05, 0) is 60.2 Å². The molecule has 0 N–H and O–H groups in total. The molecule has 0 saturated carbocycles. The summed E-state index contributed by atoms with van der Waals surface area (Å²) in [6.07, 6.45) is 0.448. The highest BCUT2D eigenvalue weighted by atomic mass is 35.5. The van der Waals surface area contributed by atoms with Gasteiger partial charge in [0.25, 0.3) is 0 Å². The second-order valence-corrected chi connectivity index (χ2v) is 7.74. The van der Waals surface area contributed by atoms with Crippen LogP contribution < -0.4 is 14.2 Å². The molecule has 0 fully saturated rings. The molecule has 5 nitrogen and oxygen atoms in total. The second-order valence-electron chi connectivity index (χ2n) is 7.30. The third-order valence-electron chi connectivity index (χ3n) is 5.58. The third kappa shape index (κ3) is 3.25. The molecule has 0 bridgehead atoms. The average molecular weight is 421 g/mol. The Hall–Kier alpha value is -3.18. The summed E-state index contributed by atoms with van der Waals surface area (Å²) in [6.45, 7) is 0. The van der Waals surface area contributed by atoms with Crippen molar-refractivity contribution < 1.29 is 14.2 Å². The van der Waals surface area contributed by atoms with Gasteiger partial charge in [0.2, 0.25) is 6.23 Å². The molecule has 2 heterocycles. The van der Waals surface area contributed by atoms with Crippen LogP contribution in [0.3, 0.4) is 0 Å². The van der Waals surface area contributed by atoms with Gasteiger partial charge in [0.05, 0.1) is 26.0 Å².